The Morgan fingerprint density at radius 3 is 2.30 bits per heavy atom. The third-order valence-corrected chi connectivity index (χ3v) is 4.25. The molecule has 0 saturated carbocycles. The van der Waals surface area contributed by atoms with E-state index < -0.39 is 10.8 Å². The fourth-order valence-electron chi connectivity index (χ4n) is 1.80. The van der Waals surface area contributed by atoms with Crippen molar-refractivity contribution in [2.45, 2.75) is 45.3 Å². The van der Waals surface area contributed by atoms with Crippen LogP contribution in [0, 0.1) is 0 Å². The standard InChI is InChI=1S/C16H25NO2S/c1-5-10-17-15(18)12-20(19)11-13-6-8-14(9-7-13)16(2,3)4/h6-9H,5,10-12H2,1-4H3,(H,17,18)/t20-/m0/s1. The lowest BCUT2D eigenvalue weighted by Gasteiger charge is -2.19. The number of rotatable bonds is 6. The molecular formula is C16H25NO2S. The van der Waals surface area contributed by atoms with Gasteiger partial charge in [0.25, 0.3) is 0 Å². The van der Waals surface area contributed by atoms with Crippen molar-refractivity contribution in [1.29, 1.82) is 0 Å². The molecule has 0 saturated heterocycles. The lowest BCUT2D eigenvalue weighted by atomic mass is 9.87. The zero-order chi connectivity index (χ0) is 15.2. The monoisotopic (exact) mass is 295 g/mol. The minimum absolute atomic E-state index is 0.0843. The van der Waals surface area contributed by atoms with Gasteiger partial charge in [0.1, 0.15) is 5.75 Å². The van der Waals surface area contributed by atoms with Crippen LogP contribution in [0.5, 0.6) is 0 Å². The van der Waals surface area contributed by atoms with E-state index in [1.807, 2.05) is 19.1 Å². The Morgan fingerprint density at radius 2 is 1.80 bits per heavy atom. The lowest BCUT2D eigenvalue weighted by Crippen LogP contribution is -2.29. The predicted octanol–water partition coefficient (Wildman–Crippen LogP) is 2.76. The molecule has 0 bridgehead atoms. The second-order valence-electron chi connectivity index (χ2n) is 6.03. The molecule has 0 aliphatic rings. The first-order valence-electron chi connectivity index (χ1n) is 7.04. The Labute approximate surface area is 124 Å². The van der Waals surface area contributed by atoms with Crippen molar-refractivity contribution < 1.29 is 9.00 Å². The SMILES string of the molecule is CCCNC(=O)C[S@@](=O)Cc1ccc(C(C)(C)C)cc1. The number of hydrogen-bond acceptors (Lipinski definition) is 2. The van der Waals surface area contributed by atoms with Crippen molar-refractivity contribution >= 4 is 16.7 Å². The van der Waals surface area contributed by atoms with Crippen molar-refractivity contribution in [3.63, 3.8) is 0 Å². The number of carbonyl (C=O) groups excluding carboxylic acids is 1. The zero-order valence-corrected chi connectivity index (χ0v) is 13.7. The molecular weight excluding hydrogens is 270 g/mol. The molecule has 0 spiro atoms. The molecule has 1 atom stereocenters. The van der Waals surface area contributed by atoms with E-state index in [1.165, 1.54) is 5.56 Å². The third kappa shape index (κ3) is 5.87. The van der Waals surface area contributed by atoms with Crippen molar-refractivity contribution in [3.05, 3.63) is 35.4 Å². The molecule has 0 unspecified atom stereocenters. The molecule has 0 aliphatic heterocycles. The zero-order valence-electron chi connectivity index (χ0n) is 12.9. The molecule has 20 heavy (non-hydrogen) atoms. The van der Waals surface area contributed by atoms with Gasteiger partial charge in [-0.05, 0) is 23.0 Å². The number of benzene rings is 1. The van der Waals surface area contributed by atoms with Crippen LogP contribution in [0.3, 0.4) is 0 Å². The summed E-state index contributed by atoms with van der Waals surface area (Å²) in [5, 5.41) is 2.75. The van der Waals surface area contributed by atoms with Crippen LogP contribution in [0.15, 0.2) is 24.3 Å². The number of carbonyl (C=O) groups is 1. The fourth-order valence-corrected chi connectivity index (χ4v) is 2.86. The number of amides is 1. The summed E-state index contributed by atoms with van der Waals surface area (Å²) in [7, 11) is -1.14. The van der Waals surface area contributed by atoms with E-state index >= 15 is 0 Å². The highest BCUT2D eigenvalue weighted by molar-refractivity contribution is 7.84. The number of hydrogen-bond donors (Lipinski definition) is 1. The highest BCUT2D eigenvalue weighted by Crippen LogP contribution is 2.22. The first-order chi connectivity index (χ1) is 9.32. The lowest BCUT2D eigenvalue weighted by molar-refractivity contribution is -0.118. The average molecular weight is 295 g/mol. The van der Waals surface area contributed by atoms with Crippen molar-refractivity contribution in [3.8, 4) is 0 Å². The first kappa shape index (κ1) is 16.9. The van der Waals surface area contributed by atoms with Crippen LogP contribution in [0.25, 0.3) is 0 Å². The Hall–Kier alpha value is -1.16. The van der Waals surface area contributed by atoms with E-state index in [0.717, 1.165) is 12.0 Å². The van der Waals surface area contributed by atoms with Gasteiger partial charge in [-0.15, -0.1) is 0 Å². The van der Waals surface area contributed by atoms with Gasteiger partial charge in [-0.3, -0.25) is 9.00 Å². The second kappa shape index (κ2) is 7.58. The molecule has 0 radical (unpaired) electrons. The van der Waals surface area contributed by atoms with Crippen LogP contribution in [0.2, 0.25) is 0 Å². The summed E-state index contributed by atoms with van der Waals surface area (Å²) < 4.78 is 11.9. The summed E-state index contributed by atoms with van der Waals surface area (Å²) >= 11 is 0. The molecule has 0 aromatic heterocycles. The minimum atomic E-state index is -1.14. The molecule has 4 heteroatoms. The molecule has 3 nitrogen and oxygen atoms in total. The van der Waals surface area contributed by atoms with E-state index in [-0.39, 0.29) is 17.1 Å². The molecule has 0 fully saturated rings. The van der Waals surface area contributed by atoms with Gasteiger partial charge >= 0.3 is 0 Å². The summed E-state index contributed by atoms with van der Waals surface area (Å²) in [5.41, 5.74) is 2.39. The van der Waals surface area contributed by atoms with Crippen LogP contribution in [-0.2, 0) is 26.8 Å². The van der Waals surface area contributed by atoms with E-state index in [9.17, 15) is 9.00 Å². The summed E-state index contributed by atoms with van der Waals surface area (Å²) in [6.45, 7) is 9.14. The van der Waals surface area contributed by atoms with Gasteiger partial charge in [0.05, 0.1) is 0 Å². The molecule has 1 aromatic carbocycles. The number of nitrogens with one attached hydrogen (secondary N) is 1. The minimum Gasteiger partial charge on any atom is -0.355 e. The molecule has 1 amide bonds. The van der Waals surface area contributed by atoms with Crippen LogP contribution >= 0.6 is 0 Å². The maximum atomic E-state index is 11.9. The van der Waals surface area contributed by atoms with E-state index in [4.69, 9.17) is 0 Å². The Balaban J connectivity index is 2.52. The van der Waals surface area contributed by atoms with E-state index in [0.29, 0.717) is 12.3 Å². The summed E-state index contributed by atoms with van der Waals surface area (Å²) in [6, 6.07) is 8.15. The smallest absolute Gasteiger partial charge is 0.232 e. The maximum absolute atomic E-state index is 11.9. The Morgan fingerprint density at radius 1 is 1.20 bits per heavy atom. The Bertz CT molecular complexity index is 460. The summed E-state index contributed by atoms with van der Waals surface area (Å²) in [6.07, 6.45) is 0.895. The van der Waals surface area contributed by atoms with Gasteiger partial charge in [0.2, 0.25) is 5.91 Å². The predicted molar refractivity (Wildman–Crippen MR) is 85.2 cm³/mol. The fraction of sp³-hybridized carbons (Fsp3) is 0.562. The quantitative estimate of drug-likeness (QED) is 0.877. The topological polar surface area (TPSA) is 46.2 Å². The van der Waals surface area contributed by atoms with Crippen LogP contribution in [-0.4, -0.2) is 22.4 Å². The Kier molecular flexibility index (Phi) is 6.40. The maximum Gasteiger partial charge on any atom is 0.232 e. The van der Waals surface area contributed by atoms with Gasteiger partial charge in [0, 0.05) is 23.1 Å². The highest BCUT2D eigenvalue weighted by Gasteiger charge is 2.13. The normalized spacial score (nSPS) is 13.0. The molecule has 0 heterocycles. The van der Waals surface area contributed by atoms with E-state index in [2.05, 4.69) is 38.2 Å². The van der Waals surface area contributed by atoms with Crippen LogP contribution < -0.4 is 5.32 Å². The van der Waals surface area contributed by atoms with Gasteiger partial charge in [-0.1, -0.05) is 52.0 Å². The van der Waals surface area contributed by atoms with Crippen molar-refractivity contribution in [2.75, 3.05) is 12.3 Å². The third-order valence-electron chi connectivity index (χ3n) is 3.01. The van der Waals surface area contributed by atoms with Crippen molar-refractivity contribution in [1.82, 2.24) is 5.32 Å². The van der Waals surface area contributed by atoms with Gasteiger partial charge < -0.3 is 5.32 Å². The molecule has 1 aromatic rings. The van der Waals surface area contributed by atoms with Crippen molar-refractivity contribution in [2.24, 2.45) is 0 Å². The molecule has 1 rings (SSSR count). The van der Waals surface area contributed by atoms with Gasteiger partial charge in [-0.25, -0.2) is 0 Å². The first-order valence-corrected chi connectivity index (χ1v) is 8.53. The van der Waals surface area contributed by atoms with Gasteiger partial charge in [0.15, 0.2) is 0 Å². The largest absolute Gasteiger partial charge is 0.355 e. The van der Waals surface area contributed by atoms with Crippen LogP contribution in [0.1, 0.15) is 45.2 Å². The molecule has 1 N–H and O–H groups in total. The summed E-state index contributed by atoms with van der Waals surface area (Å²) in [5.74, 6) is 0.391. The molecule has 112 valence electrons. The summed E-state index contributed by atoms with van der Waals surface area (Å²) in [4.78, 5) is 11.5. The second-order valence-corrected chi connectivity index (χ2v) is 7.48. The van der Waals surface area contributed by atoms with E-state index in [1.54, 1.807) is 0 Å². The molecule has 0 aliphatic carbocycles. The average Bonchev–Trinajstić information content (AvgIpc) is 2.35. The van der Waals surface area contributed by atoms with Crippen LogP contribution in [0.4, 0.5) is 0 Å². The van der Waals surface area contributed by atoms with Gasteiger partial charge in [-0.2, -0.15) is 0 Å². The highest BCUT2D eigenvalue weighted by atomic mass is 32.2.